The van der Waals surface area contributed by atoms with Crippen LogP contribution >= 0.6 is 31.9 Å². The largest absolute Gasteiger partial charge is 0.382 e. The van der Waals surface area contributed by atoms with E-state index < -0.39 is 36.8 Å². The van der Waals surface area contributed by atoms with Gasteiger partial charge in [0.1, 0.15) is 21.4 Å². The summed E-state index contributed by atoms with van der Waals surface area (Å²) < 4.78 is 51.9. The molecule has 2 aliphatic heterocycles. The van der Waals surface area contributed by atoms with Crippen LogP contribution in [0.15, 0.2) is 94.4 Å². The van der Waals surface area contributed by atoms with E-state index in [2.05, 4.69) is 47.1 Å². The number of hydrogen-bond donors (Lipinski definition) is 2. The van der Waals surface area contributed by atoms with Crippen molar-refractivity contribution >= 4 is 55.5 Å². The first-order valence-electron chi connectivity index (χ1n) is 12.8. The molecule has 0 bridgehead atoms. The van der Waals surface area contributed by atoms with Gasteiger partial charge in [-0.05, 0) is 73.8 Å². The highest BCUT2D eigenvalue weighted by Gasteiger charge is 2.44. The van der Waals surface area contributed by atoms with Crippen LogP contribution in [0.1, 0.15) is 64.7 Å². The number of amides is 4. The molecule has 15 heteroatoms. The number of halogens is 6. The van der Waals surface area contributed by atoms with Crippen LogP contribution < -0.4 is 5.32 Å². The summed E-state index contributed by atoms with van der Waals surface area (Å²) in [6.07, 6.45) is -4.99. The van der Waals surface area contributed by atoms with Crippen molar-refractivity contribution in [3.8, 4) is 0 Å². The van der Waals surface area contributed by atoms with E-state index in [1.165, 1.54) is 48.8 Å². The molecule has 4 aromatic rings. The maximum absolute atomic E-state index is 13.5. The minimum Gasteiger partial charge on any atom is -0.382 e. The molecular formula is C30H20Br2F4N4O5. The first kappa shape index (κ1) is 33.6. The lowest BCUT2D eigenvalue weighted by atomic mass is 10.1. The molecule has 2 aliphatic rings. The smallest absolute Gasteiger partial charge is 0.268 e. The van der Waals surface area contributed by atoms with Gasteiger partial charge in [0.15, 0.2) is 0 Å². The molecule has 6 rings (SSSR count). The molecule has 0 radical (unpaired) electrons. The Labute approximate surface area is 269 Å². The van der Waals surface area contributed by atoms with Crippen LogP contribution in [0.2, 0.25) is 0 Å². The molecule has 0 fully saturated rings. The number of aromatic nitrogens is 2. The molecule has 2 aromatic heterocycles. The fourth-order valence-corrected chi connectivity index (χ4v) is 4.72. The maximum atomic E-state index is 13.5. The number of aliphatic hydroxyl groups excluding tert-OH is 1. The third-order valence-corrected chi connectivity index (χ3v) is 7.35. The monoisotopic (exact) mass is 750 g/mol. The van der Waals surface area contributed by atoms with Crippen molar-refractivity contribution in [3.63, 3.8) is 0 Å². The number of benzene rings is 2. The normalized spacial score (nSPS) is 14.6. The molecule has 2 atom stereocenters. The minimum absolute atomic E-state index is 0.104. The number of carbonyl (C=O) groups excluding carboxylic acids is 4. The number of nitrogens with one attached hydrogen (secondary N) is 1. The Hall–Kier alpha value is -4.34. The van der Waals surface area contributed by atoms with Crippen LogP contribution in [0.25, 0.3) is 0 Å². The number of fused-ring (bicyclic) bond motifs is 2. The average Bonchev–Trinajstić information content (AvgIpc) is 3.46. The molecule has 2 unspecified atom stereocenters. The van der Waals surface area contributed by atoms with Crippen LogP contribution in [-0.2, 0) is 0 Å². The Bertz CT molecular complexity index is 1660. The third kappa shape index (κ3) is 7.67. The summed E-state index contributed by atoms with van der Waals surface area (Å²) >= 11 is 6.17. The van der Waals surface area contributed by atoms with Crippen LogP contribution in [0.3, 0.4) is 0 Å². The van der Waals surface area contributed by atoms with Crippen LogP contribution in [0.4, 0.5) is 17.6 Å². The van der Waals surface area contributed by atoms with Gasteiger partial charge in [0, 0.05) is 18.0 Å². The highest BCUT2D eigenvalue weighted by Crippen LogP contribution is 2.35. The van der Waals surface area contributed by atoms with Gasteiger partial charge in [-0.1, -0.05) is 36.4 Å². The van der Waals surface area contributed by atoms with Crippen molar-refractivity contribution in [2.24, 2.45) is 0 Å². The number of aliphatic hydroxyl groups is 1. The van der Waals surface area contributed by atoms with E-state index in [9.17, 15) is 36.7 Å². The molecule has 0 spiro atoms. The lowest BCUT2D eigenvalue weighted by molar-refractivity contribution is -0.00597. The highest BCUT2D eigenvalue weighted by molar-refractivity contribution is 9.10. The third-order valence-electron chi connectivity index (χ3n) is 6.41. The zero-order chi connectivity index (χ0) is 32.8. The SMILES string of the molecule is O=C1NC(=O)c2ccccc21.O=C1c2ccccc2C(=O)N1C(c1ccc(Br)nc1)C(F)F.OC(c1ccc(Br)nc1)C(F)F. The summed E-state index contributed by atoms with van der Waals surface area (Å²) in [5.41, 5.74) is 1.45. The van der Waals surface area contributed by atoms with E-state index in [0.717, 1.165) is 0 Å². The zero-order valence-corrected chi connectivity index (χ0v) is 25.8. The summed E-state index contributed by atoms with van der Waals surface area (Å²) in [4.78, 5) is 54.8. The van der Waals surface area contributed by atoms with Gasteiger partial charge in [0.25, 0.3) is 36.5 Å². The molecule has 9 nitrogen and oxygen atoms in total. The van der Waals surface area contributed by atoms with Crippen molar-refractivity contribution in [3.05, 3.63) is 128 Å². The number of rotatable bonds is 5. The zero-order valence-electron chi connectivity index (χ0n) is 22.6. The maximum Gasteiger partial charge on any atom is 0.268 e. The minimum atomic E-state index is -2.91. The number of imide groups is 2. The molecule has 4 amide bonds. The Morgan fingerprint density at radius 3 is 1.42 bits per heavy atom. The van der Waals surface area contributed by atoms with Gasteiger partial charge in [0.2, 0.25) is 0 Å². The Morgan fingerprint density at radius 2 is 1.04 bits per heavy atom. The van der Waals surface area contributed by atoms with Crippen LogP contribution in [-0.4, -0.2) is 56.5 Å². The summed E-state index contributed by atoms with van der Waals surface area (Å²) in [7, 11) is 0. The number of nitrogens with zero attached hydrogens (tertiary/aromatic N) is 3. The molecule has 2 aromatic carbocycles. The second kappa shape index (κ2) is 14.6. The molecule has 232 valence electrons. The van der Waals surface area contributed by atoms with Crippen molar-refractivity contribution in [1.29, 1.82) is 0 Å². The highest BCUT2D eigenvalue weighted by atomic mass is 79.9. The van der Waals surface area contributed by atoms with Gasteiger partial charge in [0.05, 0.1) is 22.3 Å². The van der Waals surface area contributed by atoms with Gasteiger partial charge < -0.3 is 5.11 Å². The van der Waals surface area contributed by atoms with E-state index in [-0.39, 0.29) is 34.1 Å². The molecule has 0 saturated heterocycles. The summed E-state index contributed by atoms with van der Waals surface area (Å²) in [5.74, 6) is -2.03. The van der Waals surface area contributed by atoms with E-state index in [4.69, 9.17) is 5.11 Å². The molecule has 4 heterocycles. The number of hydrogen-bond acceptors (Lipinski definition) is 7. The summed E-state index contributed by atoms with van der Waals surface area (Å²) in [6, 6.07) is 17.0. The predicted molar refractivity (Wildman–Crippen MR) is 159 cm³/mol. The standard InChI is InChI=1S/C15H9BrF2N2O2.C8H5NO2.C7H6BrF2NO/c16-11-6-5-8(7-19-11)12(13(17)18)20-14(21)9-3-1-2-4-10(9)15(20)22;10-7-5-3-1-2-4-6(5)8(11)9-7;8-5-2-1-4(3-11-5)6(12)7(9)10/h1-7,12-13H;1-4H,(H,9,10,11);1-3,6-7,12H. The van der Waals surface area contributed by atoms with Gasteiger partial charge in [-0.25, -0.2) is 27.5 Å². The molecule has 0 aliphatic carbocycles. The summed E-state index contributed by atoms with van der Waals surface area (Å²) in [5, 5.41) is 11.1. The topological polar surface area (TPSA) is 130 Å². The van der Waals surface area contributed by atoms with Gasteiger partial charge >= 0.3 is 0 Å². The van der Waals surface area contributed by atoms with Crippen molar-refractivity contribution in [1.82, 2.24) is 20.2 Å². The van der Waals surface area contributed by atoms with Crippen LogP contribution in [0, 0.1) is 0 Å². The second-order valence-electron chi connectivity index (χ2n) is 9.24. The predicted octanol–water partition coefficient (Wildman–Crippen LogP) is 6.16. The van der Waals surface area contributed by atoms with Gasteiger partial charge in [-0.2, -0.15) is 0 Å². The molecule has 45 heavy (non-hydrogen) atoms. The Balaban J connectivity index is 0.000000169. The molecule has 2 N–H and O–H groups in total. The fraction of sp³-hybridized carbons (Fsp3) is 0.133. The first-order valence-corrected chi connectivity index (χ1v) is 14.4. The van der Waals surface area contributed by atoms with Crippen molar-refractivity contribution in [2.45, 2.75) is 25.0 Å². The Morgan fingerprint density at radius 1 is 0.622 bits per heavy atom. The van der Waals surface area contributed by atoms with Crippen molar-refractivity contribution < 1.29 is 41.8 Å². The summed E-state index contributed by atoms with van der Waals surface area (Å²) in [6.45, 7) is 0. The first-order chi connectivity index (χ1) is 21.4. The van der Waals surface area contributed by atoms with Gasteiger partial charge in [-0.15, -0.1) is 0 Å². The van der Waals surface area contributed by atoms with Crippen molar-refractivity contribution in [2.75, 3.05) is 0 Å². The molecule has 0 saturated carbocycles. The lowest BCUT2D eigenvalue weighted by Gasteiger charge is -2.25. The quantitative estimate of drug-likeness (QED) is 0.142. The average molecular weight is 752 g/mol. The second-order valence-corrected chi connectivity index (χ2v) is 10.9. The van der Waals surface area contributed by atoms with Gasteiger partial charge in [-0.3, -0.25) is 29.4 Å². The number of alkyl halides is 4. The van der Waals surface area contributed by atoms with E-state index in [1.807, 2.05) is 0 Å². The number of carbonyl (C=O) groups is 4. The van der Waals surface area contributed by atoms with E-state index in [1.54, 1.807) is 36.4 Å². The fourth-order valence-electron chi connectivity index (χ4n) is 4.25. The Kier molecular flexibility index (Phi) is 10.9. The molecular weight excluding hydrogens is 732 g/mol. The lowest BCUT2D eigenvalue weighted by Crippen LogP contribution is -2.37. The van der Waals surface area contributed by atoms with Crippen LogP contribution in [0.5, 0.6) is 0 Å². The van der Waals surface area contributed by atoms with E-state index >= 15 is 0 Å². The number of pyridine rings is 2. The van der Waals surface area contributed by atoms with E-state index in [0.29, 0.717) is 25.2 Å².